The van der Waals surface area contributed by atoms with E-state index in [-0.39, 0.29) is 17.4 Å². The van der Waals surface area contributed by atoms with E-state index in [1.54, 1.807) is 0 Å². The highest BCUT2D eigenvalue weighted by atomic mass is 19.1. The largest absolute Gasteiger partial charge is 0.467 e. The number of aromatic nitrogens is 2. The Morgan fingerprint density at radius 2 is 1.90 bits per heavy atom. The van der Waals surface area contributed by atoms with Crippen molar-refractivity contribution in [1.82, 2.24) is 9.97 Å². The molecule has 8 heteroatoms. The van der Waals surface area contributed by atoms with Crippen LogP contribution in [0.4, 0.5) is 25.0 Å². The topological polar surface area (TPSA) is 76.1 Å². The molecule has 0 saturated heterocycles. The van der Waals surface area contributed by atoms with Gasteiger partial charge in [-0.1, -0.05) is 0 Å². The molecule has 1 aromatic heterocycles. The molecule has 104 valence electrons. The minimum Gasteiger partial charge on any atom is -0.467 e. The Hall–Kier alpha value is -2.77. The maximum Gasteiger partial charge on any atom is 0.323 e. The fraction of sp³-hybridized carbons (Fsp3) is 0.0833. The van der Waals surface area contributed by atoms with Crippen LogP contribution in [0.3, 0.4) is 0 Å². The number of halogens is 2. The predicted octanol–water partition coefficient (Wildman–Crippen LogP) is 2.41. The van der Waals surface area contributed by atoms with Gasteiger partial charge >= 0.3 is 12.0 Å². The molecule has 0 fully saturated rings. The van der Waals surface area contributed by atoms with Crippen molar-refractivity contribution in [2.24, 2.45) is 0 Å². The van der Waals surface area contributed by atoms with E-state index in [1.807, 2.05) is 0 Å². The van der Waals surface area contributed by atoms with Crippen molar-refractivity contribution in [2.75, 3.05) is 17.7 Å². The van der Waals surface area contributed by atoms with E-state index in [9.17, 15) is 13.6 Å². The number of carbonyl (C=O) groups excluding carboxylic acids is 1. The maximum atomic E-state index is 13.3. The summed E-state index contributed by atoms with van der Waals surface area (Å²) in [7, 11) is 1.40. The fourth-order valence-corrected chi connectivity index (χ4v) is 1.36. The Morgan fingerprint density at radius 1 is 1.20 bits per heavy atom. The molecule has 2 N–H and O–H groups in total. The molecule has 0 unspecified atom stereocenters. The third-order valence-electron chi connectivity index (χ3n) is 2.25. The highest BCUT2D eigenvalue weighted by Crippen LogP contribution is 2.15. The summed E-state index contributed by atoms with van der Waals surface area (Å²) in [4.78, 5) is 19.2. The van der Waals surface area contributed by atoms with Gasteiger partial charge in [0.15, 0.2) is 0 Å². The van der Waals surface area contributed by atoms with Crippen LogP contribution in [0, 0.1) is 11.6 Å². The lowest BCUT2D eigenvalue weighted by molar-refractivity contribution is 0.262. The van der Waals surface area contributed by atoms with Gasteiger partial charge in [-0.15, -0.1) is 0 Å². The molecule has 0 aliphatic rings. The van der Waals surface area contributed by atoms with E-state index in [4.69, 9.17) is 4.74 Å². The average molecular weight is 280 g/mol. The van der Waals surface area contributed by atoms with Gasteiger partial charge in [0, 0.05) is 6.07 Å². The average Bonchev–Trinajstić information content (AvgIpc) is 2.43. The highest BCUT2D eigenvalue weighted by molar-refractivity contribution is 5.99. The number of amides is 2. The third kappa shape index (κ3) is 3.37. The smallest absolute Gasteiger partial charge is 0.323 e. The number of urea groups is 1. The monoisotopic (exact) mass is 280 g/mol. The van der Waals surface area contributed by atoms with E-state index in [1.165, 1.54) is 19.5 Å². The molecule has 0 spiro atoms. The van der Waals surface area contributed by atoms with Gasteiger partial charge in [0.2, 0.25) is 0 Å². The number of nitrogens with one attached hydrogen (secondary N) is 2. The molecule has 1 heterocycles. The number of nitrogens with zero attached hydrogens (tertiary/aromatic N) is 2. The number of anilines is 2. The lowest BCUT2D eigenvalue weighted by Gasteiger charge is -2.08. The van der Waals surface area contributed by atoms with Crippen LogP contribution in [-0.2, 0) is 0 Å². The first-order valence-corrected chi connectivity index (χ1v) is 5.47. The lowest BCUT2D eigenvalue weighted by atomic mass is 10.3. The Morgan fingerprint density at radius 3 is 2.55 bits per heavy atom. The second kappa shape index (κ2) is 5.91. The predicted molar refractivity (Wildman–Crippen MR) is 67.6 cm³/mol. The van der Waals surface area contributed by atoms with Gasteiger partial charge in [-0.3, -0.25) is 0 Å². The van der Waals surface area contributed by atoms with Gasteiger partial charge < -0.3 is 15.4 Å². The molecule has 1 aromatic carbocycles. The molecule has 0 bridgehead atoms. The molecule has 2 aromatic rings. The molecule has 0 atom stereocenters. The molecule has 0 aliphatic carbocycles. The third-order valence-corrected chi connectivity index (χ3v) is 2.25. The first kappa shape index (κ1) is 13.7. The van der Waals surface area contributed by atoms with E-state index >= 15 is 0 Å². The van der Waals surface area contributed by atoms with Gasteiger partial charge in [-0.05, 0) is 12.1 Å². The molecule has 0 saturated carbocycles. The van der Waals surface area contributed by atoms with Crippen LogP contribution in [0.2, 0.25) is 0 Å². The van der Waals surface area contributed by atoms with E-state index in [2.05, 4.69) is 20.6 Å². The number of methoxy groups -OCH3 is 1. The van der Waals surface area contributed by atoms with E-state index in [0.717, 1.165) is 18.2 Å². The number of carbonyl (C=O) groups is 1. The second-order valence-corrected chi connectivity index (χ2v) is 3.66. The van der Waals surface area contributed by atoms with Crippen LogP contribution in [0.1, 0.15) is 0 Å². The molecular formula is C12H10F2N4O2. The molecular weight excluding hydrogens is 270 g/mol. The number of benzene rings is 1. The summed E-state index contributed by atoms with van der Waals surface area (Å²) >= 11 is 0. The van der Waals surface area contributed by atoms with E-state index in [0.29, 0.717) is 0 Å². The van der Waals surface area contributed by atoms with E-state index < -0.39 is 17.7 Å². The van der Waals surface area contributed by atoms with Gasteiger partial charge in [0.25, 0.3) is 0 Å². The minimum atomic E-state index is -0.747. The zero-order valence-electron chi connectivity index (χ0n) is 10.4. The van der Waals surface area contributed by atoms with Crippen molar-refractivity contribution in [3.05, 3.63) is 42.2 Å². The van der Waals surface area contributed by atoms with Crippen molar-refractivity contribution >= 4 is 17.4 Å². The van der Waals surface area contributed by atoms with Gasteiger partial charge in [-0.2, -0.15) is 0 Å². The summed E-state index contributed by atoms with van der Waals surface area (Å²) in [6.07, 6.45) is 2.63. The molecule has 20 heavy (non-hydrogen) atoms. The van der Waals surface area contributed by atoms with Crippen LogP contribution in [0.25, 0.3) is 0 Å². The summed E-state index contributed by atoms with van der Waals surface area (Å²) in [5, 5.41) is 4.54. The summed E-state index contributed by atoms with van der Waals surface area (Å²) < 4.78 is 31.0. The van der Waals surface area contributed by atoms with Crippen molar-refractivity contribution in [2.45, 2.75) is 0 Å². The zero-order chi connectivity index (χ0) is 14.5. The second-order valence-electron chi connectivity index (χ2n) is 3.66. The number of ether oxygens (including phenoxy) is 1. The summed E-state index contributed by atoms with van der Waals surface area (Å²) in [5.41, 5.74) is 0.0111. The molecule has 2 rings (SSSR count). The summed E-state index contributed by atoms with van der Waals surface area (Å²) in [5.74, 6) is -1.40. The molecule has 2 amide bonds. The van der Waals surface area contributed by atoms with Gasteiger partial charge in [-0.25, -0.2) is 23.5 Å². The molecule has 6 nitrogen and oxygen atoms in total. The first-order chi connectivity index (χ1) is 9.58. The minimum absolute atomic E-state index is 0.145. The molecule has 0 aliphatic heterocycles. The normalized spacial score (nSPS) is 9.95. The SMILES string of the molecule is COc1ncc(NC(=O)Nc2cc(F)ccc2F)cn1. The quantitative estimate of drug-likeness (QED) is 0.905. The van der Waals surface area contributed by atoms with Crippen molar-refractivity contribution in [3.8, 4) is 6.01 Å². The zero-order valence-corrected chi connectivity index (χ0v) is 10.4. The van der Waals surface area contributed by atoms with Crippen LogP contribution in [0.5, 0.6) is 6.01 Å². The first-order valence-electron chi connectivity index (χ1n) is 5.47. The Balaban J connectivity index is 2.03. The number of hydrogen-bond acceptors (Lipinski definition) is 4. The van der Waals surface area contributed by atoms with Crippen LogP contribution in [0.15, 0.2) is 30.6 Å². The summed E-state index contributed by atoms with van der Waals surface area (Å²) in [6.45, 7) is 0. The van der Waals surface area contributed by atoms with Crippen LogP contribution >= 0.6 is 0 Å². The Bertz CT molecular complexity index is 619. The maximum absolute atomic E-state index is 13.3. The van der Waals surface area contributed by atoms with Crippen LogP contribution in [-0.4, -0.2) is 23.1 Å². The Labute approximate surface area is 112 Å². The standard InChI is InChI=1S/C12H10F2N4O2/c1-20-12-15-5-8(6-16-12)17-11(19)18-10-4-7(13)2-3-9(10)14/h2-6H,1H3,(H2,17,18,19). The number of rotatable bonds is 3. The summed E-state index contributed by atoms with van der Waals surface area (Å²) in [6, 6.07) is 2.15. The van der Waals surface area contributed by atoms with Crippen molar-refractivity contribution < 1.29 is 18.3 Å². The fourth-order valence-electron chi connectivity index (χ4n) is 1.36. The highest BCUT2D eigenvalue weighted by Gasteiger charge is 2.08. The van der Waals surface area contributed by atoms with Crippen molar-refractivity contribution in [1.29, 1.82) is 0 Å². The van der Waals surface area contributed by atoms with Crippen molar-refractivity contribution in [3.63, 3.8) is 0 Å². The van der Waals surface area contributed by atoms with Crippen LogP contribution < -0.4 is 15.4 Å². The van der Waals surface area contributed by atoms with Gasteiger partial charge in [0.1, 0.15) is 11.6 Å². The number of hydrogen-bond donors (Lipinski definition) is 2. The lowest BCUT2D eigenvalue weighted by Crippen LogP contribution is -2.20. The molecule has 0 radical (unpaired) electrons. The van der Waals surface area contributed by atoms with Gasteiger partial charge in [0.05, 0.1) is 30.9 Å². The Kier molecular flexibility index (Phi) is 4.04.